The Balaban J connectivity index is 2.86. The smallest absolute Gasteiger partial charge is 0.377 e. The molecule has 0 saturated heterocycles. The van der Waals surface area contributed by atoms with Crippen LogP contribution in [-0.4, -0.2) is 23.2 Å². The first kappa shape index (κ1) is 11.5. The second-order valence-electron chi connectivity index (χ2n) is 2.38. The van der Waals surface area contributed by atoms with Crippen molar-refractivity contribution in [3.05, 3.63) is 34.8 Å². The molecule has 0 aliphatic carbocycles. The number of aliphatic hydroxyl groups is 1. The lowest BCUT2D eigenvalue weighted by molar-refractivity contribution is -0.138. The summed E-state index contributed by atoms with van der Waals surface area (Å²) in [7, 11) is 1.18. The highest BCUT2D eigenvalue weighted by Crippen LogP contribution is 2.22. The largest absolute Gasteiger partial charge is 0.511 e. The van der Waals surface area contributed by atoms with Gasteiger partial charge in [-0.1, -0.05) is 0 Å². The second-order valence-corrected chi connectivity index (χ2v) is 3.23. The Bertz CT molecular complexity index is 391. The Labute approximate surface area is 94.5 Å². The van der Waals surface area contributed by atoms with E-state index in [1.807, 2.05) is 0 Å². The highest BCUT2D eigenvalue weighted by molar-refractivity contribution is 9.10. The average Bonchev–Trinajstić information content (AvgIpc) is 2.27. The maximum Gasteiger partial charge on any atom is 0.377 e. The molecule has 1 aromatic rings. The summed E-state index contributed by atoms with van der Waals surface area (Å²) < 4.78 is 9.97. The summed E-state index contributed by atoms with van der Waals surface area (Å²) in [6.07, 6.45) is 2.01. The summed E-state index contributed by atoms with van der Waals surface area (Å²) in [5, 5.41) is 8.75. The minimum atomic E-state index is -0.782. The zero-order chi connectivity index (χ0) is 11.3. The number of aliphatic hydroxyl groups excluding tert-OH is 1. The van der Waals surface area contributed by atoms with E-state index in [-0.39, 0.29) is 11.6 Å². The van der Waals surface area contributed by atoms with Gasteiger partial charge in [-0.25, -0.2) is 9.78 Å². The van der Waals surface area contributed by atoms with Crippen LogP contribution in [0.25, 0.3) is 0 Å². The molecule has 80 valence electrons. The third-order valence-corrected chi connectivity index (χ3v) is 2.04. The van der Waals surface area contributed by atoms with Crippen LogP contribution in [0, 0.1) is 0 Å². The molecule has 0 spiro atoms. The number of halogens is 1. The van der Waals surface area contributed by atoms with Crippen LogP contribution in [0.5, 0.6) is 5.88 Å². The molecule has 1 aromatic heterocycles. The van der Waals surface area contributed by atoms with Gasteiger partial charge in [-0.15, -0.1) is 0 Å². The van der Waals surface area contributed by atoms with Crippen molar-refractivity contribution in [2.24, 2.45) is 0 Å². The molecule has 0 aromatic carbocycles. The highest BCUT2D eigenvalue weighted by Gasteiger charge is 2.14. The second kappa shape index (κ2) is 5.35. The lowest BCUT2D eigenvalue weighted by Crippen LogP contribution is -2.11. The van der Waals surface area contributed by atoms with Gasteiger partial charge in [-0.3, -0.25) is 0 Å². The number of aromatic nitrogens is 1. The van der Waals surface area contributed by atoms with Gasteiger partial charge in [0.25, 0.3) is 0 Å². The number of rotatable bonds is 3. The predicted octanol–water partition coefficient (Wildman–Crippen LogP) is 1.80. The van der Waals surface area contributed by atoms with E-state index in [2.05, 4.69) is 25.7 Å². The zero-order valence-electron chi connectivity index (χ0n) is 7.81. The van der Waals surface area contributed by atoms with Gasteiger partial charge in [-0.05, 0) is 28.1 Å². The Morgan fingerprint density at radius 2 is 2.40 bits per heavy atom. The van der Waals surface area contributed by atoms with Crippen molar-refractivity contribution in [2.75, 3.05) is 7.11 Å². The Kier molecular flexibility index (Phi) is 4.11. The normalized spacial score (nSPS) is 10.9. The molecule has 1 N–H and O–H groups in total. The van der Waals surface area contributed by atoms with E-state index in [0.29, 0.717) is 10.7 Å². The van der Waals surface area contributed by atoms with E-state index in [1.165, 1.54) is 13.3 Å². The van der Waals surface area contributed by atoms with Crippen LogP contribution in [0.2, 0.25) is 0 Å². The number of methoxy groups -OCH3 is 1. The fourth-order valence-electron chi connectivity index (χ4n) is 0.772. The highest BCUT2D eigenvalue weighted by atomic mass is 79.9. The van der Waals surface area contributed by atoms with Crippen molar-refractivity contribution in [3.63, 3.8) is 0 Å². The van der Waals surface area contributed by atoms with Crippen molar-refractivity contribution >= 4 is 21.9 Å². The topological polar surface area (TPSA) is 68.7 Å². The number of nitrogens with zero attached hydrogens (tertiary/aromatic N) is 1. The number of hydrogen-bond acceptors (Lipinski definition) is 5. The Morgan fingerprint density at radius 3 is 2.93 bits per heavy atom. The van der Waals surface area contributed by atoms with Gasteiger partial charge in [0, 0.05) is 6.20 Å². The molecule has 0 saturated carbocycles. The number of carbonyl (C=O) groups is 1. The van der Waals surface area contributed by atoms with Crippen LogP contribution >= 0.6 is 15.9 Å². The van der Waals surface area contributed by atoms with Gasteiger partial charge < -0.3 is 14.6 Å². The maximum atomic E-state index is 11.0. The van der Waals surface area contributed by atoms with Crippen molar-refractivity contribution in [3.8, 4) is 5.88 Å². The molecule has 0 atom stereocenters. The molecule has 6 heteroatoms. The molecule has 0 aliphatic heterocycles. The van der Waals surface area contributed by atoms with Crippen LogP contribution in [0.1, 0.15) is 0 Å². The van der Waals surface area contributed by atoms with E-state index in [4.69, 9.17) is 9.84 Å². The quantitative estimate of drug-likeness (QED) is 0.517. The molecular formula is C9H8BrNO4. The number of hydrogen-bond donors (Lipinski definition) is 1. The lowest BCUT2D eigenvalue weighted by atomic mass is 10.5. The van der Waals surface area contributed by atoms with Gasteiger partial charge in [0.15, 0.2) is 0 Å². The fourth-order valence-corrected chi connectivity index (χ4v) is 1.11. The average molecular weight is 274 g/mol. The summed E-state index contributed by atoms with van der Waals surface area (Å²) in [6, 6.07) is 3.38. The fraction of sp³-hybridized carbons (Fsp3) is 0.111. The third-order valence-electron chi connectivity index (χ3n) is 1.44. The molecular weight excluding hydrogens is 266 g/mol. The molecule has 0 fully saturated rings. The number of esters is 1. The third kappa shape index (κ3) is 2.95. The predicted molar refractivity (Wildman–Crippen MR) is 55.3 cm³/mol. The summed E-state index contributed by atoms with van der Waals surface area (Å²) in [6.45, 7) is 0. The lowest BCUT2D eigenvalue weighted by Gasteiger charge is -2.06. The van der Waals surface area contributed by atoms with Gasteiger partial charge >= 0.3 is 5.97 Å². The minimum Gasteiger partial charge on any atom is -0.511 e. The monoisotopic (exact) mass is 273 g/mol. The van der Waals surface area contributed by atoms with Gasteiger partial charge in [-0.2, -0.15) is 0 Å². The number of carbonyl (C=O) groups excluding carboxylic acids is 1. The van der Waals surface area contributed by atoms with Crippen LogP contribution in [0.4, 0.5) is 0 Å². The summed E-state index contributed by atoms with van der Waals surface area (Å²) in [4.78, 5) is 14.9. The summed E-state index contributed by atoms with van der Waals surface area (Å²) >= 11 is 3.18. The van der Waals surface area contributed by atoms with E-state index in [0.717, 1.165) is 0 Å². The van der Waals surface area contributed by atoms with Gasteiger partial charge in [0.05, 0.1) is 11.6 Å². The molecule has 0 bridgehead atoms. The minimum absolute atomic E-state index is 0.170. The molecule has 0 radical (unpaired) electrons. The molecule has 5 nitrogen and oxygen atoms in total. The molecule has 1 heterocycles. The Morgan fingerprint density at radius 1 is 1.67 bits per heavy atom. The van der Waals surface area contributed by atoms with Gasteiger partial charge in [0.1, 0.15) is 6.26 Å². The van der Waals surface area contributed by atoms with Crippen LogP contribution in [-0.2, 0) is 9.53 Å². The summed E-state index contributed by atoms with van der Waals surface area (Å²) in [5.74, 6) is -0.949. The van der Waals surface area contributed by atoms with Crippen molar-refractivity contribution in [2.45, 2.75) is 0 Å². The van der Waals surface area contributed by atoms with E-state index in [9.17, 15) is 4.79 Å². The molecule has 1 rings (SSSR count). The SMILES string of the molecule is COC(=O)C(=CO)Oc1ncccc1Br. The molecule has 0 amide bonds. The molecule has 0 aliphatic rings. The van der Waals surface area contributed by atoms with Crippen molar-refractivity contribution in [1.82, 2.24) is 4.98 Å². The molecule has 15 heavy (non-hydrogen) atoms. The standard InChI is InChI=1S/C9H8BrNO4/c1-14-9(13)7(5-12)15-8-6(10)3-2-4-11-8/h2-5,12H,1H3. The first-order chi connectivity index (χ1) is 7.19. The first-order valence-corrected chi connectivity index (χ1v) is 4.69. The number of ether oxygens (including phenoxy) is 2. The van der Waals surface area contributed by atoms with E-state index in [1.54, 1.807) is 12.1 Å². The summed E-state index contributed by atoms with van der Waals surface area (Å²) in [5.41, 5.74) is 0. The maximum absolute atomic E-state index is 11.0. The van der Waals surface area contributed by atoms with Crippen molar-refractivity contribution < 1.29 is 19.4 Å². The number of pyridine rings is 1. The van der Waals surface area contributed by atoms with Crippen LogP contribution in [0.15, 0.2) is 34.8 Å². The first-order valence-electron chi connectivity index (χ1n) is 3.90. The van der Waals surface area contributed by atoms with Crippen molar-refractivity contribution in [1.29, 1.82) is 0 Å². The van der Waals surface area contributed by atoms with Gasteiger partial charge in [0.2, 0.25) is 11.6 Å². The van der Waals surface area contributed by atoms with E-state index >= 15 is 0 Å². The van der Waals surface area contributed by atoms with Crippen LogP contribution in [0.3, 0.4) is 0 Å². The van der Waals surface area contributed by atoms with E-state index < -0.39 is 5.97 Å². The molecule has 0 unspecified atom stereocenters. The Hall–Kier alpha value is -1.56. The van der Waals surface area contributed by atoms with Crippen LogP contribution < -0.4 is 4.74 Å². The zero-order valence-corrected chi connectivity index (χ0v) is 9.39.